The van der Waals surface area contributed by atoms with Crippen LogP contribution in [0.1, 0.15) is 22.3 Å². The van der Waals surface area contributed by atoms with Crippen LogP contribution in [-0.4, -0.2) is 4.92 Å². The van der Waals surface area contributed by atoms with Crippen molar-refractivity contribution in [1.29, 1.82) is 0 Å². The second-order valence-electron chi connectivity index (χ2n) is 4.87. The number of nitrogens with zero attached hydrogens (tertiary/aromatic N) is 1. The summed E-state index contributed by atoms with van der Waals surface area (Å²) < 4.78 is 5.75. The first-order valence-corrected chi connectivity index (χ1v) is 6.81. The van der Waals surface area contributed by atoms with Gasteiger partial charge in [0.1, 0.15) is 12.4 Å². The molecule has 22 heavy (non-hydrogen) atoms. The molecule has 0 unspecified atom stereocenters. The van der Waals surface area contributed by atoms with Gasteiger partial charge in [-0.3, -0.25) is 10.1 Å². The number of nitro groups is 1. The lowest BCUT2D eigenvalue weighted by atomic mass is 10.0. The minimum Gasteiger partial charge on any atom is -0.489 e. The molecule has 0 fully saturated rings. The molecule has 4 heteroatoms. The van der Waals surface area contributed by atoms with E-state index < -0.39 is 4.92 Å². The van der Waals surface area contributed by atoms with E-state index in [1.165, 1.54) is 12.1 Å². The van der Waals surface area contributed by atoms with Gasteiger partial charge in [-0.2, -0.15) is 0 Å². The van der Waals surface area contributed by atoms with E-state index in [0.717, 1.165) is 22.3 Å². The van der Waals surface area contributed by atoms with Crippen LogP contribution in [0.2, 0.25) is 0 Å². The Kier molecular flexibility index (Phi) is 4.73. The third-order valence-corrected chi connectivity index (χ3v) is 3.35. The zero-order valence-electron chi connectivity index (χ0n) is 12.4. The fraction of sp³-hybridized carbons (Fsp3) is 0.111. The van der Waals surface area contributed by atoms with Crippen molar-refractivity contribution >= 4 is 17.8 Å². The number of aryl methyl sites for hydroxylation is 1. The highest BCUT2D eigenvalue weighted by Gasteiger charge is 2.09. The molecular formula is C18H17NO3. The zero-order valence-corrected chi connectivity index (χ0v) is 12.4. The van der Waals surface area contributed by atoms with Crippen molar-refractivity contribution < 1.29 is 9.66 Å². The van der Waals surface area contributed by atoms with Gasteiger partial charge in [0.25, 0.3) is 5.69 Å². The summed E-state index contributed by atoms with van der Waals surface area (Å²) in [5, 5.41) is 10.7. The molecule has 0 aliphatic rings. The van der Waals surface area contributed by atoms with Crippen LogP contribution in [0.25, 0.3) is 12.2 Å². The summed E-state index contributed by atoms with van der Waals surface area (Å²) >= 11 is 0. The molecule has 0 saturated carbocycles. The topological polar surface area (TPSA) is 52.4 Å². The van der Waals surface area contributed by atoms with Gasteiger partial charge in [-0.1, -0.05) is 37.4 Å². The van der Waals surface area contributed by atoms with Gasteiger partial charge in [0.2, 0.25) is 0 Å². The van der Waals surface area contributed by atoms with Crippen LogP contribution in [0.15, 0.2) is 49.6 Å². The van der Waals surface area contributed by atoms with E-state index in [2.05, 4.69) is 13.2 Å². The molecule has 112 valence electrons. The van der Waals surface area contributed by atoms with Crippen molar-refractivity contribution in [2.75, 3.05) is 0 Å². The summed E-state index contributed by atoms with van der Waals surface area (Å²) in [4.78, 5) is 10.3. The van der Waals surface area contributed by atoms with Crippen LogP contribution in [-0.2, 0) is 6.61 Å². The Labute approximate surface area is 129 Å². The third kappa shape index (κ3) is 3.41. The first kappa shape index (κ1) is 15.5. The Balaban J connectivity index is 2.15. The van der Waals surface area contributed by atoms with Crippen LogP contribution in [0.5, 0.6) is 5.75 Å². The van der Waals surface area contributed by atoms with Gasteiger partial charge in [-0.15, -0.1) is 0 Å². The van der Waals surface area contributed by atoms with Crippen LogP contribution < -0.4 is 4.74 Å². The zero-order chi connectivity index (χ0) is 16.1. The fourth-order valence-electron chi connectivity index (χ4n) is 2.15. The lowest BCUT2D eigenvalue weighted by Gasteiger charge is -2.10. The highest BCUT2D eigenvalue weighted by molar-refractivity contribution is 5.64. The third-order valence-electron chi connectivity index (χ3n) is 3.35. The molecule has 0 N–H and O–H groups in total. The molecule has 2 rings (SSSR count). The molecule has 0 aliphatic carbocycles. The predicted molar refractivity (Wildman–Crippen MR) is 88.8 cm³/mol. The molecule has 2 aromatic carbocycles. The molecule has 0 heterocycles. The molecule has 0 aromatic heterocycles. The van der Waals surface area contributed by atoms with Crippen LogP contribution in [0.4, 0.5) is 5.69 Å². The van der Waals surface area contributed by atoms with Gasteiger partial charge in [0.05, 0.1) is 4.92 Å². The minimum absolute atomic E-state index is 0.0640. The molecule has 0 amide bonds. The summed E-state index contributed by atoms with van der Waals surface area (Å²) in [5.41, 5.74) is 3.81. The number of rotatable bonds is 6. The van der Waals surface area contributed by atoms with Gasteiger partial charge in [0.15, 0.2) is 0 Å². The first-order chi connectivity index (χ1) is 10.5. The number of benzene rings is 2. The van der Waals surface area contributed by atoms with Crippen molar-refractivity contribution in [2.24, 2.45) is 0 Å². The standard InChI is InChI=1S/C18H17NO3/c1-4-15-7-6-14(11-16(15)5-2)12-22-18-9-8-17(19(20)21)10-13(18)3/h4-11H,1-2,12H2,3H3. The molecule has 0 aliphatic heterocycles. The average molecular weight is 295 g/mol. The highest BCUT2D eigenvalue weighted by Crippen LogP contribution is 2.24. The van der Waals surface area contributed by atoms with Crippen molar-refractivity contribution in [3.8, 4) is 5.75 Å². The predicted octanol–water partition coefficient (Wildman–Crippen LogP) is 4.77. The molecule has 0 bridgehead atoms. The Hall–Kier alpha value is -2.88. The fourth-order valence-corrected chi connectivity index (χ4v) is 2.15. The highest BCUT2D eigenvalue weighted by atomic mass is 16.6. The van der Waals surface area contributed by atoms with Crippen LogP contribution in [0, 0.1) is 17.0 Å². The van der Waals surface area contributed by atoms with Gasteiger partial charge >= 0.3 is 0 Å². The number of ether oxygens (including phenoxy) is 1. The number of nitro benzene ring substituents is 1. The molecular weight excluding hydrogens is 278 g/mol. The van der Waals surface area contributed by atoms with Crippen molar-refractivity contribution in [1.82, 2.24) is 0 Å². The molecule has 2 aromatic rings. The Morgan fingerprint density at radius 2 is 1.86 bits per heavy atom. The number of hydrogen-bond donors (Lipinski definition) is 0. The van der Waals surface area contributed by atoms with Crippen molar-refractivity contribution in [3.05, 3.63) is 81.9 Å². The van der Waals surface area contributed by atoms with Gasteiger partial charge in [-0.05, 0) is 41.3 Å². The van der Waals surface area contributed by atoms with Gasteiger partial charge in [-0.25, -0.2) is 0 Å². The van der Waals surface area contributed by atoms with Gasteiger partial charge in [0, 0.05) is 12.1 Å². The maximum atomic E-state index is 10.7. The summed E-state index contributed by atoms with van der Waals surface area (Å²) in [6, 6.07) is 10.5. The molecule has 4 nitrogen and oxygen atoms in total. The smallest absolute Gasteiger partial charge is 0.269 e. The van der Waals surface area contributed by atoms with E-state index in [0.29, 0.717) is 12.4 Å². The molecule has 0 spiro atoms. The van der Waals surface area contributed by atoms with E-state index in [9.17, 15) is 10.1 Å². The summed E-state index contributed by atoms with van der Waals surface area (Å²) in [5.74, 6) is 0.638. The largest absolute Gasteiger partial charge is 0.489 e. The number of non-ortho nitro benzene ring substituents is 1. The van der Waals surface area contributed by atoms with Crippen molar-refractivity contribution in [3.63, 3.8) is 0 Å². The molecule has 0 radical (unpaired) electrons. The lowest BCUT2D eigenvalue weighted by molar-refractivity contribution is -0.384. The van der Waals surface area contributed by atoms with Gasteiger partial charge < -0.3 is 4.74 Å². The Morgan fingerprint density at radius 3 is 2.45 bits per heavy atom. The number of hydrogen-bond acceptors (Lipinski definition) is 3. The van der Waals surface area contributed by atoms with E-state index in [1.54, 1.807) is 25.1 Å². The van der Waals surface area contributed by atoms with E-state index in [4.69, 9.17) is 4.74 Å². The Bertz CT molecular complexity index is 735. The Morgan fingerprint density at radius 1 is 1.14 bits per heavy atom. The summed E-state index contributed by atoms with van der Waals surface area (Å²) in [6.07, 6.45) is 3.56. The average Bonchev–Trinajstić information content (AvgIpc) is 2.53. The first-order valence-electron chi connectivity index (χ1n) is 6.81. The maximum Gasteiger partial charge on any atom is 0.269 e. The monoisotopic (exact) mass is 295 g/mol. The minimum atomic E-state index is -0.416. The van der Waals surface area contributed by atoms with E-state index >= 15 is 0 Å². The lowest BCUT2D eigenvalue weighted by Crippen LogP contribution is -1.99. The maximum absolute atomic E-state index is 10.7. The second-order valence-corrected chi connectivity index (χ2v) is 4.87. The van der Waals surface area contributed by atoms with Crippen LogP contribution in [0.3, 0.4) is 0 Å². The van der Waals surface area contributed by atoms with E-state index in [-0.39, 0.29) is 5.69 Å². The molecule has 0 saturated heterocycles. The normalized spacial score (nSPS) is 10.0. The van der Waals surface area contributed by atoms with Crippen LogP contribution >= 0.6 is 0 Å². The second kappa shape index (κ2) is 6.72. The van der Waals surface area contributed by atoms with E-state index in [1.807, 2.05) is 18.2 Å². The summed E-state index contributed by atoms with van der Waals surface area (Å²) in [7, 11) is 0. The van der Waals surface area contributed by atoms with Crippen molar-refractivity contribution in [2.45, 2.75) is 13.5 Å². The summed E-state index contributed by atoms with van der Waals surface area (Å²) in [6.45, 7) is 9.73. The molecule has 0 atom stereocenters. The SMILES string of the molecule is C=Cc1ccc(COc2ccc([N+](=O)[O-])cc2C)cc1C=C. The quantitative estimate of drug-likeness (QED) is 0.570.